The van der Waals surface area contributed by atoms with Gasteiger partial charge in [-0.15, -0.1) is 11.3 Å². The number of carboxylic acid groups (broad SMARTS) is 1. The van der Waals surface area contributed by atoms with Crippen molar-refractivity contribution in [3.8, 4) is 0 Å². The summed E-state index contributed by atoms with van der Waals surface area (Å²) in [5, 5.41) is 15.4. The first kappa shape index (κ1) is 15.0. The van der Waals surface area contributed by atoms with Crippen molar-refractivity contribution >= 4 is 39.1 Å². The number of aliphatic carboxylic acids is 1. The third-order valence-electron chi connectivity index (χ3n) is 2.22. The molecule has 0 fully saturated rings. The van der Waals surface area contributed by atoms with Crippen LogP contribution in [0.4, 0.5) is 0 Å². The highest BCUT2D eigenvalue weighted by Crippen LogP contribution is 2.30. The van der Waals surface area contributed by atoms with Crippen LogP contribution in [0.15, 0.2) is 43.8 Å². The zero-order valence-electron chi connectivity index (χ0n) is 10.0. The minimum Gasteiger partial charge on any atom is -0.481 e. The fraction of sp³-hybridized carbons (Fsp3) is 0.0909. The lowest BCUT2D eigenvalue weighted by atomic mass is 10.3. The molecule has 20 heavy (non-hydrogen) atoms. The van der Waals surface area contributed by atoms with Crippen LogP contribution in [-0.4, -0.2) is 24.5 Å². The number of rotatable bonds is 5. The first-order valence-corrected chi connectivity index (χ1v) is 8.56. The topological polar surface area (TPSA) is 110 Å². The highest BCUT2D eigenvalue weighted by Gasteiger charge is 2.09. The molecule has 3 N–H and O–H groups in total. The number of thiazole rings is 1. The van der Waals surface area contributed by atoms with Crippen LogP contribution in [0.1, 0.15) is 5.69 Å². The van der Waals surface area contributed by atoms with Crippen molar-refractivity contribution in [2.75, 3.05) is 0 Å². The smallest absolute Gasteiger partial charge is 0.309 e. The molecule has 0 amide bonds. The summed E-state index contributed by atoms with van der Waals surface area (Å²) < 4.78 is 22.9. The Hall–Kier alpha value is -1.42. The monoisotopic (exact) mass is 330 g/mol. The number of hydrogen-bond donors (Lipinski definition) is 2. The maximum absolute atomic E-state index is 11.1. The molecule has 2 aromatic rings. The molecule has 1 aromatic carbocycles. The Kier molecular flexibility index (Phi) is 4.43. The van der Waals surface area contributed by atoms with Gasteiger partial charge >= 0.3 is 5.97 Å². The summed E-state index contributed by atoms with van der Waals surface area (Å²) >= 11 is 2.68. The van der Waals surface area contributed by atoms with Crippen molar-refractivity contribution in [1.29, 1.82) is 0 Å². The maximum atomic E-state index is 11.1. The van der Waals surface area contributed by atoms with E-state index in [0.717, 1.165) is 4.90 Å². The van der Waals surface area contributed by atoms with Crippen molar-refractivity contribution < 1.29 is 18.3 Å². The van der Waals surface area contributed by atoms with Crippen LogP contribution >= 0.6 is 23.1 Å². The molecule has 1 heterocycles. The van der Waals surface area contributed by atoms with E-state index in [1.165, 1.54) is 35.2 Å². The van der Waals surface area contributed by atoms with E-state index in [-0.39, 0.29) is 11.3 Å². The Labute approximate surface area is 123 Å². The number of hydrogen-bond acceptors (Lipinski definition) is 6. The van der Waals surface area contributed by atoms with E-state index < -0.39 is 16.0 Å². The normalized spacial score (nSPS) is 11.4. The van der Waals surface area contributed by atoms with Gasteiger partial charge in [-0.3, -0.25) is 4.79 Å². The molecule has 2 rings (SSSR count). The average molecular weight is 330 g/mol. The molecule has 0 atom stereocenters. The second-order valence-corrected chi connectivity index (χ2v) is 7.53. The van der Waals surface area contributed by atoms with Crippen molar-refractivity contribution in [3.05, 3.63) is 35.3 Å². The van der Waals surface area contributed by atoms with Gasteiger partial charge in [-0.05, 0) is 24.3 Å². The van der Waals surface area contributed by atoms with Gasteiger partial charge in [0.05, 0.1) is 17.0 Å². The average Bonchev–Trinajstić information content (AvgIpc) is 2.75. The third-order valence-corrected chi connectivity index (χ3v) is 5.14. The van der Waals surface area contributed by atoms with E-state index in [1.807, 2.05) is 0 Å². The van der Waals surface area contributed by atoms with E-state index in [1.54, 1.807) is 17.5 Å². The fourth-order valence-corrected chi connectivity index (χ4v) is 3.69. The largest absolute Gasteiger partial charge is 0.481 e. The summed E-state index contributed by atoms with van der Waals surface area (Å²) in [5.41, 5.74) is 0.506. The summed E-state index contributed by atoms with van der Waals surface area (Å²) in [6.45, 7) is 0. The highest BCUT2D eigenvalue weighted by atomic mass is 32.2. The van der Waals surface area contributed by atoms with Crippen molar-refractivity contribution in [2.24, 2.45) is 5.14 Å². The van der Waals surface area contributed by atoms with Gasteiger partial charge in [0.2, 0.25) is 10.0 Å². The molecule has 1 aromatic heterocycles. The molecular weight excluding hydrogens is 320 g/mol. The molecule has 0 radical (unpaired) electrons. The van der Waals surface area contributed by atoms with Crippen LogP contribution in [0.25, 0.3) is 0 Å². The standard InChI is InChI=1S/C11H10N2O4S3/c12-20(16,17)9-3-1-8(2-4-9)19-11-13-7(6-18-11)5-10(14)15/h1-4,6H,5H2,(H,14,15)(H2,12,16,17). The minimum absolute atomic E-state index is 0.0487. The molecule has 106 valence electrons. The van der Waals surface area contributed by atoms with Crippen LogP contribution < -0.4 is 5.14 Å². The van der Waals surface area contributed by atoms with Gasteiger partial charge in [-0.25, -0.2) is 18.5 Å². The molecule has 9 heteroatoms. The lowest BCUT2D eigenvalue weighted by Gasteiger charge is -2.00. The molecule has 6 nitrogen and oxygen atoms in total. The number of carbonyl (C=O) groups is 1. The number of benzene rings is 1. The maximum Gasteiger partial charge on any atom is 0.309 e. The summed E-state index contributed by atoms with van der Waals surface area (Å²) in [5.74, 6) is -0.927. The van der Waals surface area contributed by atoms with Gasteiger partial charge in [0.25, 0.3) is 0 Å². The van der Waals surface area contributed by atoms with Crippen LogP contribution in [0.3, 0.4) is 0 Å². The number of aromatic nitrogens is 1. The molecule has 0 aliphatic carbocycles. The Morgan fingerprint density at radius 1 is 1.35 bits per heavy atom. The summed E-state index contributed by atoms with van der Waals surface area (Å²) in [6, 6.07) is 6.10. The van der Waals surface area contributed by atoms with Crippen LogP contribution in [-0.2, 0) is 21.2 Å². The second kappa shape index (κ2) is 5.92. The first-order valence-electron chi connectivity index (χ1n) is 5.31. The summed E-state index contributed by atoms with van der Waals surface area (Å²) in [7, 11) is -3.69. The zero-order valence-corrected chi connectivity index (χ0v) is 12.5. The van der Waals surface area contributed by atoms with Gasteiger partial charge in [-0.2, -0.15) is 0 Å². The van der Waals surface area contributed by atoms with Crippen LogP contribution in [0.5, 0.6) is 0 Å². The predicted molar refractivity (Wildman–Crippen MR) is 75.4 cm³/mol. The Bertz CT molecular complexity index is 722. The molecule has 0 spiro atoms. The van der Waals surface area contributed by atoms with E-state index in [0.29, 0.717) is 10.0 Å². The molecular formula is C11H10N2O4S3. The number of nitrogens with two attached hydrogens (primary N) is 1. The molecule has 0 aliphatic heterocycles. The number of carboxylic acids is 1. The Balaban J connectivity index is 2.10. The SMILES string of the molecule is NS(=O)(=O)c1ccc(Sc2nc(CC(=O)O)cs2)cc1. The first-order chi connectivity index (χ1) is 9.34. The highest BCUT2D eigenvalue weighted by molar-refractivity contribution is 8.01. The van der Waals surface area contributed by atoms with Crippen molar-refractivity contribution in [3.63, 3.8) is 0 Å². The van der Waals surface area contributed by atoms with E-state index in [9.17, 15) is 13.2 Å². The van der Waals surface area contributed by atoms with E-state index in [4.69, 9.17) is 10.2 Å². The van der Waals surface area contributed by atoms with E-state index >= 15 is 0 Å². The van der Waals surface area contributed by atoms with Gasteiger partial charge in [0.15, 0.2) is 4.34 Å². The molecule has 0 saturated carbocycles. The number of sulfonamides is 1. The minimum atomic E-state index is -3.69. The summed E-state index contributed by atoms with van der Waals surface area (Å²) in [6.07, 6.45) is -0.110. The van der Waals surface area contributed by atoms with Crippen molar-refractivity contribution in [1.82, 2.24) is 4.98 Å². The Morgan fingerprint density at radius 3 is 2.55 bits per heavy atom. The number of nitrogens with zero attached hydrogens (tertiary/aromatic N) is 1. The molecule has 0 saturated heterocycles. The summed E-state index contributed by atoms with van der Waals surface area (Å²) in [4.78, 5) is 15.6. The molecule has 0 bridgehead atoms. The van der Waals surface area contributed by atoms with Gasteiger partial charge < -0.3 is 5.11 Å². The predicted octanol–water partition coefficient (Wildman–Crippen LogP) is 1.57. The quantitative estimate of drug-likeness (QED) is 0.861. The molecule has 0 unspecified atom stereocenters. The second-order valence-electron chi connectivity index (χ2n) is 3.79. The third kappa shape index (κ3) is 4.04. The van der Waals surface area contributed by atoms with E-state index in [2.05, 4.69) is 4.98 Å². The van der Waals surface area contributed by atoms with Gasteiger partial charge in [0.1, 0.15) is 0 Å². The van der Waals surface area contributed by atoms with Crippen molar-refractivity contribution in [2.45, 2.75) is 20.6 Å². The Morgan fingerprint density at radius 2 is 2.00 bits per heavy atom. The number of primary sulfonamides is 1. The van der Waals surface area contributed by atoms with Crippen LogP contribution in [0.2, 0.25) is 0 Å². The molecule has 0 aliphatic rings. The van der Waals surface area contributed by atoms with Gasteiger partial charge in [0, 0.05) is 10.3 Å². The zero-order chi connectivity index (χ0) is 14.8. The van der Waals surface area contributed by atoms with Gasteiger partial charge in [-0.1, -0.05) is 11.8 Å². The fourth-order valence-electron chi connectivity index (χ4n) is 1.37. The lowest BCUT2D eigenvalue weighted by Crippen LogP contribution is -2.11. The van der Waals surface area contributed by atoms with Crippen LogP contribution in [0, 0.1) is 0 Å². The lowest BCUT2D eigenvalue weighted by molar-refractivity contribution is -0.136.